The third kappa shape index (κ3) is 1.73. The zero-order valence-corrected chi connectivity index (χ0v) is 10.4. The Morgan fingerprint density at radius 1 is 1.53 bits per heavy atom. The van der Waals surface area contributed by atoms with E-state index in [4.69, 9.17) is 5.73 Å². The molecule has 82 valence electrons. The van der Waals surface area contributed by atoms with Gasteiger partial charge in [0.1, 0.15) is 0 Å². The molecule has 1 aromatic rings. The average Bonchev–Trinajstić information content (AvgIpc) is 2.17. The van der Waals surface area contributed by atoms with Crippen molar-refractivity contribution in [1.82, 2.24) is 0 Å². The summed E-state index contributed by atoms with van der Waals surface area (Å²) in [5, 5.41) is 9.47. The van der Waals surface area contributed by atoms with Gasteiger partial charge in [-0.15, -0.1) is 0 Å². The van der Waals surface area contributed by atoms with Gasteiger partial charge < -0.3 is 10.8 Å². The van der Waals surface area contributed by atoms with Crippen molar-refractivity contribution in [3.63, 3.8) is 0 Å². The Bertz CT molecular complexity index is 372. The molecule has 0 amide bonds. The average molecular weight is 270 g/mol. The van der Waals surface area contributed by atoms with Crippen LogP contribution < -0.4 is 5.73 Å². The Kier molecular flexibility index (Phi) is 2.88. The van der Waals surface area contributed by atoms with Gasteiger partial charge in [-0.25, -0.2) is 0 Å². The Balaban J connectivity index is 2.40. The Morgan fingerprint density at radius 2 is 2.20 bits per heavy atom. The van der Waals surface area contributed by atoms with E-state index in [0.717, 1.165) is 17.3 Å². The normalized spacial score (nSPS) is 30.0. The maximum Gasteiger partial charge on any atom is 0.0558 e. The van der Waals surface area contributed by atoms with Gasteiger partial charge in [0.25, 0.3) is 0 Å². The topological polar surface area (TPSA) is 46.2 Å². The molecular weight excluding hydrogens is 254 g/mol. The van der Waals surface area contributed by atoms with E-state index in [0.29, 0.717) is 6.54 Å². The second-order valence-corrected chi connectivity index (χ2v) is 5.31. The van der Waals surface area contributed by atoms with E-state index in [-0.39, 0.29) is 11.5 Å². The lowest BCUT2D eigenvalue weighted by molar-refractivity contribution is 0.0218. The fourth-order valence-corrected chi connectivity index (χ4v) is 2.89. The van der Waals surface area contributed by atoms with E-state index in [1.54, 1.807) is 0 Å². The summed E-state index contributed by atoms with van der Waals surface area (Å²) >= 11 is 3.53. The van der Waals surface area contributed by atoms with Gasteiger partial charge in [0.2, 0.25) is 0 Å². The summed E-state index contributed by atoms with van der Waals surface area (Å²) in [7, 11) is 0. The van der Waals surface area contributed by atoms with E-state index >= 15 is 0 Å². The lowest BCUT2D eigenvalue weighted by Crippen LogP contribution is -2.50. The minimum atomic E-state index is -0.174. The molecule has 2 rings (SSSR count). The molecule has 3 heteroatoms. The van der Waals surface area contributed by atoms with Crippen molar-refractivity contribution < 1.29 is 5.11 Å². The SMILES string of the molecule is Cc1c(Br)cccc1C1(CN)CC(O)C1. The Morgan fingerprint density at radius 3 is 2.73 bits per heavy atom. The first-order valence-electron chi connectivity index (χ1n) is 5.23. The third-order valence-corrected chi connectivity index (χ3v) is 4.34. The summed E-state index contributed by atoms with van der Waals surface area (Å²) in [5.74, 6) is 0. The lowest BCUT2D eigenvalue weighted by atomic mass is 9.62. The first-order chi connectivity index (χ1) is 7.09. The number of halogens is 1. The van der Waals surface area contributed by atoms with Crippen LogP contribution in [0.15, 0.2) is 22.7 Å². The van der Waals surface area contributed by atoms with Crippen LogP contribution in [0.5, 0.6) is 0 Å². The molecule has 0 heterocycles. The fraction of sp³-hybridized carbons (Fsp3) is 0.500. The molecule has 2 nitrogen and oxygen atoms in total. The molecule has 3 N–H and O–H groups in total. The van der Waals surface area contributed by atoms with Crippen molar-refractivity contribution >= 4 is 15.9 Å². The molecule has 1 saturated carbocycles. The maximum atomic E-state index is 9.47. The number of rotatable bonds is 2. The summed E-state index contributed by atoms with van der Waals surface area (Å²) in [6.07, 6.45) is 1.41. The van der Waals surface area contributed by atoms with E-state index in [1.807, 2.05) is 12.1 Å². The van der Waals surface area contributed by atoms with Crippen LogP contribution in [-0.2, 0) is 5.41 Å². The molecule has 0 aromatic heterocycles. The van der Waals surface area contributed by atoms with Crippen LogP contribution in [0.4, 0.5) is 0 Å². The van der Waals surface area contributed by atoms with Crippen molar-refractivity contribution in [3.8, 4) is 0 Å². The van der Waals surface area contributed by atoms with Crippen molar-refractivity contribution in [1.29, 1.82) is 0 Å². The highest BCUT2D eigenvalue weighted by atomic mass is 79.9. The van der Waals surface area contributed by atoms with Gasteiger partial charge in [-0.1, -0.05) is 28.1 Å². The molecule has 0 radical (unpaired) electrons. The summed E-state index contributed by atoms with van der Waals surface area (Å²) in [5.41, 5.74) is 8.39. The number of hydrogen-bond acceptors (Lipinski definition) is 2. The van der Waals surface area contributed by atoms with Gasteiger partial charge in [0.15, 0.2) is 0 Å². The second-order valence-electron chi connectivity index (χ2n) is 4.46. The molecule has 0 aliphatic heterocycles. The first kappa shape index (κ1) is 11.1. The fourth-order valence-electron chi connectivity index (χ4n) is 2.52. The summed E-state index contributed by atoms with van der Waals surface area (Å²) < 4.78 is 1.12. The molecule has 0 bridgehead atoms. The van der Waals surface area contributed by atoms with Crippen LogP contribution in [0.2, 0.25) is 0 Å². The van der Waals surface area contributed by atoms with Crippen LogP contribution >= 0.6 is 15.9 Å². The smallest absolute Gasteiger partial charge is 0.0558 e. The molecule has 0 unspecified atom stereocenters. The summed E-state index contributed by atoms with van der Waals surface area (Å²) in [4.78, 5) is 0. The number of nitrogens with two attached hydrogens (primary N) is 1. The predicted octanol–water partition coefficient (Wildman–Crippen LogP) is 2.11. The molecule has 1 fully saturated rings. The van der Waals surface area contributed by atoms with Gasteiger partial charge in [0.05, 0.1) is 6.10 Å². The molecule has 1 aliphatic carbocycles. The van der Waals surface area contributed by atoms with E-state index in [2.05, 4.69) is 28.9 Å². The van der Waals surface area contributed by atoms with Crippen LogP contribution in [0.25, 0.3) is 0 Å². The molecule has 1 aromatic carbocycles. The highest BCUT2D eigenvalue weighted by Crippen LogP contribution is 2.45. The van der Waals surface area contributed by atoms with Crippen molar-refractivity contribution in [2.45, 2.75) is 31.3 Å². The molecule has 0 saturated heterocycles. The van der Waals surface area contributed by atoms with Crippen molar-refractivity contribution in [2.75, 3.05) is 6.54 Å². The standard InChI is InChI=1S/C12H16BrNO/c1-8-10(3-2-4-11(8)13)12(7-14)5-9(15)6-12/h2-4,9,15H,5-7,14H2,1H3. The number of hydrogen-bond donors (Lipinski definition) is 2. The van der Waals surface area contributed by atoms with Crippen LogP contribution in [0, 0.1) is 6.92 Å². The number of benzene rings is 1. The van der Waals surface area contributed by atoms with Crippen molar-refractivity contribution in [2.24, 2.45) is 5.73 Å². The van der Waals surface area contributed by atoms with Gasteiger partial charge in [0, 0.05) is 16.4 Å². The van der Waals surface area contributed by atoms with E-state index in [1.165, 1.54) is 11.1 Å². The Labute approximate surface area is 98.6 Å². The van der Waals surface area contributed by atoms with Gasteiger partial charge in [-0.05, 0) is 37.0 Å². The van der Waals surface area contributed by atoms with E-state index in [9.17, 15) is 5.11 Å². The predicted molar refractivity (Wildman–Crippen MR) is 64.9 cm³/mol. The number of aliphatic hydroxyl groups is 1. The van der Waals surface area contributed by atoms with Crippen LogP contribution in [0.3, 0.4) is 0 Å². The van der Waals surface area contributed by atoms with Crippen LogP contribution in [0.1, 0.15) is 24.0 Å². The monoisotopic (exact) mass is 269 g/mol. The van der Waals surface area contributed by atoms with E-state index < -0.39 is 0 Å². The third-order valence-electron chi connectivity index (χ3n) is 3.48. The quantitative estimate of drug-likeness (QED) is 0.864. The largest absolute Gasteiger partial charge is 0.393 e. The zero-order chi connectivity index (χ0) is 11.1. The number of aliphatic hydroxyl groups excluding tert-OH is 1. The molecular formula is C12H16BrNO. The molecule has 0 spiro atoms. The second kappa shape index (κ2) is 3.89. The van der Waals surface area contributed by atoms with Gasteiger partial charge in [-0.3, -0.25) is 0 Å². The molecule has 1 aliphatic rings. The minimum Gasteiger partial charge on any atom is -0.393 e. The summed E-state index contributed by atoms with van der Waals surface area (Å²) in [6.45, 7) is 2.71. The molecule has 0 atom stereocenters. The van der Waals surface area contributed by atoms with Crippen molar-refractivity contribution in [3.05, 3.63) is 33.8 Å². The highest BCUT2D eigenvalue weighted by molar-refractivity contribution is 9.10. The molecule has 15 heavy (non-hydrogen) atoms. The highest BCUT2D eigenvalue weighted by Gasteiger charge is 2.44. The Hall–Kier alpha value is -0.380. The van der Waals surface area contributed by atoms with Gasteiger partial charge >= 0.3 is 0 Å². The zero-order valence-electron chi connectivity index (χ0n) is 8.83. The lowest BCUT2D eigenvalue weighted by Gasteiger charge is -2.46. The maximum absolute atomic E-state index is 9.47. The van der Waals surface area contributed by atoms with Crippen LogP contribution in [-0.4, -0.2) is 17.8 Å². The summed E-state index contributed by atoms with van der Waals surface area (Å²) in [6, 6.07) is 6.20. The first-order valence-corrected chi connectivity index (χ1v) is 6.02. The minimum absolute atomic E-state index is 0.00722. The van der Waals surface area contributed by atoms with Gasteiger partial charge in [-0.2, -0.15) is 0 Å².